The van der Waals surface area contributed by atoms with E-state index in [1.54, 1.807) is 7.11 Å². The molecule has 0 amide bonds. The predicted molar refractivity (Wildman–Crippen MR) is 114 cm³/mol. The fourth-order valence-corrected chi connectivity index (χ4v) is 4.27. The van der Waals surface area contributed by atoms with Gasteiger partial charge in [-0.3, -0.25) is 4.79 Å². The van der Waals surface area contributed by atoms with Crippen LogP contribution in [0, 0.1) is 0 Å². The Morgan fingerprint density at radius 1 is 1.07 bits per heavy atom. The number of para-hydroxylation sites is 1. The van der Waals surface area contributed by atoms with Gasteiger partial charge in [-0.1, -0.05) is 48.5 Å². The fraction of sp³-hybridized carbons (Fsp3) is 0.280. The van der Waals surface area contributed by atoms with Crippen LogP contribution in [0.4, 0.5) is 0 Å². The molecule has 1 atom stereocenters. The van der Waals surface area contributed by atoms with Crippen molar-refractivity contribution < 1.29 is 19.1 Å². The molecule has 0 saturated carbocycles. The van der Waals surface area contributed by atoms with Gasteiger partial charge in [0.1, 0.15) is 12.4 Å². The molecule has 0 fully saturated rings. The van der Waals surface area contributed by atoms with Crippen molar-refractivity contribution in [2.45, 2.75) is 38.7 Å². The van der Waals surface area contributed by atoms with Crippen LogP contribution in [0.2, 0.25) is 0 Å². The number of carbonyl (C=O) groups is 2. The van der Waals surface area contributed by atoms with Gasteiger partial charge in [-0.05, 0) is 31.4 Å². The molecule has 1 aliphatic carbocycles. The summed E-state index contributed by atoms with van der Waals surface area (Å²) >= 11 is 0. The molecule has 30 heavy (non-hydrogen) atoms. The molecule has 4 rings (SSSR count). The van der Waals surface area contributed by atoms with E-state index < -0.39 is 11.9 Å². The van der Waals surface area contributed by atoms with Crippen molar-refractivity contribution in [1.82, 2.24) is 5.32 Å². The molecule has 0 spiro atoms. The van der Waals surface area contributed by atoms with E-state index in [1.165, 1.54) is 0 Å². The number of ketones is 1. The van der Waals surface area contributed by atoms with Crippen LogP contribution in [0.1, 0.15) is 43.2 Å². The highest BCUT2D eigenvalue weighted by Crippen LogP contribution is 2.45. The number of methoxy groups -OCH3 is 1. The van der Waals surface area contributed by atoms with Crippen LogP contribution in [0.3, 0.4) is 0 Å². The van der Waals surface area contributed by atoms with Gasteiger partial charge in [0.25, 0.3) is 0 Å². The summed E-state index contributed by atoms with van der Waals surface area (Å²) in [4.78, 5) is 26.2. The predicted octanol–water partition coefficient (Wildman–Crippen LogP) is 4.41. The Labute approximate surface area is 176 Å². The lowest BCUT2D eigenvalue weighted by Crippen LogP contribution is -2.34. The molecule has 154 valence electrons. The van der Waals surface area contributed by atoms with Gasteiger partial charge in [-0.15, -0.1) is 0 Å². The molecule has 2 aromatic carbocycles. The van der Waals surface area contributed by atoms with E-state index in [0.29, 0.717) is 23.3 Å². The number of benzene rings is 2. The lowest BCUT2D eigenvalue weighted by molar-refractivity contribution is -0.140. The molecular formula is C25H25NO4. The van der Waals surface area contributed by atoms with Crippen LogP contribution in [0.5, 0.6) is 5.75 Å². The van der Waals surface area contributed by atoms with Crippen LogP contribution >= 0.6 is 0 Å². The molecule has 1 unspecified atom stereocenters. The summed E-state index contributed by atoms with van der Waals surface area (Å²) in [6, 6.07) is 17.1. The summed E-state index contributed by atoms with van der Waals surface area (Å²) in [6.07, 6.45) is 2.08. The maximum atomic E-state index is 13.3. The molecular weight excluding hydrogens is 378 g/mol. The van der Waals surface area contributed by atoms with Crippen molar-refractivity contribution in [3.8, 4) is 5.75 Å². The summed E-state index contributed by atoms with van der Waals surface area (Å²) in [6.45, 7) is 2.04. The van der Waals surface area contributed by atoms with Crippen molar-refractivity contribution in [2.75, 3.05) is 7.11 Å². The molecule has 5 heteroatoms. The Balaban J connectivity index is 1.75. The number of esters is 1. The molecule has 0 saturated heterocycles. The molecule has 1 aliphatic heterocycles. The maximum Gasteiger partial charge on any atom is 0.337 e. The Bertz CT molecular complexity index is 1040. The first kappa shape index (κ1) is 20.0. The number of hydrogen-bond donors (Lipinski definition) is 1. The third kappa shape index (κ3) is 3.75. The van der Waals surface area contributed by atoms with Crippen LogP contribution in [-0.4, -0.2) is 18.9 Å². The van der Waals surface area contributed by atoms with Gasteiger partial charge >= 0.3 is 5.97 Å². The summed E-state index contributed by atoms with van der Waals surface area (Å²) in [7, 11) is 1.60. The van der Waals surface area contributed by atoms with Crippen LogP contribution in [0.25, 0.3) is 0 Å². The van der Waals surface area contributed by atoms with Gasteiger partial charge in [0.2, 0.25) is 0 Å². The third-order valence-corrected chi connectivity index (χ3v) is 5.66. The summed E-state index contributed by atoms with van der Waals surface area (Å²) < 4.78 is 11.2. The number of carbonyl (C=O) groups excluding carboxylic acids is 2. The minimum atomic E-state index is -0.506. The van der Waals surface area contributed by atoms with Crippen molar-refractivity contribution in [3.63, 3.8) is 0 Å². The normalized spacial score (nSPS) is 18.6. The third-order valence-electron chi connectivity index (χ3n) is 5.66. The Morgan fingerprint density at radius 2 is 1.80 bits per heavy atom. The van der Waals surface area contributed by atoms with Gasteiger partial charge < -0.3 is 14.8 Å². The number of rotatable bonds is 5. The second-order valence-electron chi connectivity index (χ2n) is 7.57. The van der Waals surface area contributed by atoms with E-state index in [-0.39, 0.29) is 12.4 Å². The molecule has 1 heterocycles. The van der Waals surface area contributed by atoms with E-state index in [9.17, 15) is 9.59 Å². The van der Waals surface area contributed by atoms with E-state index in [2.05, 4.69) is 5.32 Å². The first-order valence-corrected chi connectivity index (χ1v) is 10.2. The van der Waals surface area contributed by atoms with E-state index in [1.807, 2.05) is 61.5 Å². The van der Waals surface area contributed by atoms with Crippen LogP contribution in [-0.2, 0) is 20.9 Å². The zero-order valence-corrected chi connectivity index (χ0v) is 17.2. The Kier molecular flexibility index (Phi) is 5.70. The topological polar surface area (TPSA) is 64.6 Å². The SMILES string of the molecule is COc1ccccc1C1C(C(=O)OCc2ccccc2)=C(C)NC2=C1C(=O)CCC2. The molecule has 2 aliphatic rings. The lowest BCUT2D eigenvalue weighted by Gasteiger charge is -2.34. The highest BCUT2D eigenvalue weighted by atomic mass is 16.5. The monoisotopic (exact) mass is 403 g/mol. The van der Waals surface area contributed by atoms with Crippen LogP contribution < -0.4 is 10.1 Å². The number of nitrogens with one attached hydrogen (secondary N) is 1. The molecule has 2 aromatic rings. The molecule has 0 bridgehead atoms. The molecule has 0 aromatic heterocycles. The van der Waals surface area contributed by atoms with E-state index >= 15 is 0 Å². The number of ether oxygens (including phenoxy) is 2. The van der Waals surface area contributed by atoms with Gasteiger partial charge in [-0.2, -0.15) is 0 Å². The van der Waals surface area contributed by atoms with E-state index in [4.69, 9.17) is 9.47 Å². The Hall–Kier alpha value is -3.34. The van der Waals surface area contributed by atoms with Crippen molar-refractivity contribution in [1.29, 1.82) is 0 Å². The van der Waals surface area contributed by atoms with Gasteiger partial charge in [0.05, 0.1) is 18.6 Å². The van der Waals surface area contributed by atoms with Crippen LogP contribution in [0.15, 0.2) is 77.1 Å². The summed E-state index contributed by atoms with van der Waals surface area (Å²) in [5.41, 5.74) is 4.45. The largest absolute Gasteiger partial charge is 0.496 e. The highest BCUT2D eigenvalue weighted by Gasteiger charge is 2.40. The summed E-state index contributed by atoms with van der Waals surface area (Å²) in [5.74, 6) is -0.213. The molecule has 5 nitrogen and oxygen atoms in total. The standard InChI is InChI=1S/C25H25NO4/c1-16-22(25(28)30-15-17-9-4-3-5-10-17)23(18-11-6-7-14-21(18)29-2)24-19(26-16)12-8-13-20(24)27/h3-7,9-11,14,23,26H,8,12-13,15H2,1-2H3. The number of Topliss-reactive ketones (excluding diaryl/α,β-unsaturated/α-hetero) is 1. The molecule has 0 radical (unpaired) electrons. The quantitative estimate of drug-likeness (QED) is 0.750. The Morgan fingerprint density at radius 3 is 2.57 bits per heavy atom. The van der Waals surface area contributed by atoms with Gasteiger partial charge in [0, 0.05) is 29.0 Å². The number of hydrogen-bond acceptors (Lipinski definition) is 5. The van der Waals surface area contributed by atoms with Crippen molar-refractivity contribution >= 4 is 11.8 Å². The second kappa shape index (κ2) is 8.57. The average molecular weight is 403 g/mol. The van der Waals surface area contributed by atoms with Gasteiger partial charge in [-0.25, -0.2) is 4.79 Å². The minimum absolute atomic E-state index is 0.0699. The first-order chi connectivity index (χ1) is 14.6. The minimum Gasteiger partial charge on any atom is -0.496 e. The summed E-state index contributed by atoms with van der Waals surface area (Å²) in [5, 5.41) is 3.31. The fourth-order valence-electron chi connectivity index (χ4n) is 4.27. The smallest absolute Gasteiger partial charge is 0.337 e. The van der Waals surface area contributed by atoms with Crippen molar-refractivity contribution in [2.24, 2.45) is 0 Å². The highest BCUT2D eigenvalue weighted by molar-refractivity contribution is 6.04. The number of dihydropyridines is 1. The lowest BCUT2D eigenvalue weighted by atomic mass is 9.75. The maximum absolute atomic E-state index is 13.3. The van der Waals surface area contributed by atoms with Gasteiger partial charge in [0.15, 0.2) is 5.78 Å². The zero-order chi connectivity index (χ0) is 21.1. The first-order valence-electron chi connectivity index (χ1n) is 10.2. The second-order valence-corrected chi connectivity index (χ2v) is 7.57. The van der Waals surface area contributed by atoms with E-state index in [0.717, 1.165) is 35.4 Å². The average Bonchev–Trinajstić information content (AvgIpc) is 2.77. The zero-order valence-electron chi connectivity index (χ0n) is 17.2. The van der Waals surface area contributed by atoms with Crippen molar-refractivity contribution in [3.05, 3.63) is 88.3 Å². The molecule has 1 N–H and O–H groups in total. The number of allylic oxidation sites excluding steroid dienone is 3.